The lowest BCUT2D eigenvalue weighted by Gasteiger charge is -2.36. The maximum atomic E-state index is 13.8. The number of benzene rings is 2. The molecule has 0 radical (unpaired) electrons. The highest BCUT2D eigenvalue weighted by molar-refractivity contribution is 6.09. The molecule has 0 N–H and O–H groups in total. The van der Waals surface area contributed by atoms with Crippen molar-refractivity contribution in [3.8, 4) is 5.75 Å². The van der Waals surface area contributed by atoms with E-state index in [0.29, 0.717) is 37.0 Å². The molecule has 3 aromatic rings. The van der Waals surface area contributed by atoms with Crippen LogP contribution in [-0.4, -0.2) is 84.8 Å². The van der Waals surface area contributed by atoms with Crippen LogP contribution in [0.3, 0.4) is 0 Å². The Balaban J connectivity index is 1.16. The van der Waals surface area contributed by atoms with Gasteiger partial charge < -0.3 is 28.7 Å². The van der Waals surface area contributed by atoms with E-state index in [1.807, 2.05) is 52.9 Å². The molecular weight excluding hydrogens is 516 g/mol. The van der Waals surface area contributed by atoms with Crippen LogP contribution in [0, 0.1) is 0 Å². The van der Waals surface area contributed by atoms with E-state index in [0.717, 1.165) is 55.0 Å². The summed E-state index contributed by atoms with van der Waals surface area (Å²) in [4.78, 5) is 33.0. The zero-order valence-electron chi connectivity index (χ0n) is 24.8. The fraction of sp³-hybridized carbons (Fsp3) is 0.515. The number of carbonyl (C=O) groups is 2. The minimum Gasteiger partial charge on any atom is -0.494 e. The molecule has 1 unspecified atom stereocenters. The van der Waals surface area contributed by atoms with Crippen molar-refractivity contribution in [3.05, 3.63) is 59.8 Å². The van der Waals surface area contributed by atoms with Crippen molar-refractivity contribution in [1.29, 1.82) is 0 Å². The summed E-state index contributed by atoms with van der Waals surface area (Å²) >= 11 is 0. The number of nitrogens with zero attached hydrogens (tertiary/aromatic N) is 4. The lowest BCUT2D eigenvalue weighted by Crippen LogP contribution is -2.49. The van der Waals surface area contributed by atoms with Crippen LogP contribution in [0.1, 0.15) is 55.6 Å². The van der Waals surface area contributed by atoms with Gasteiger partial charge in [0.1, 0.15) is 5.75 Å². The van der Waals surface area contributed by atoms with Crippen LogP contribution in [0.5, 0.6) is 5.75 Å². The summed E-state index contributed by atoms with van der Waals surface area (Å²) < 4.78 is 13.2. The van der Waals surface area contributed by atoms with Gasteiger partial charge in [-0.15, -0.1) is 0 Å². The van der Waals surface area contributed by atoms with Gasteiger partial charge in [0.25, 0.3) is 5.91 Å². The Morgan fingerprint density at radius 3 is 2.44 bits per heavy atom. The van der Waals surface area contributed by atoms with Crippen LogP contribution in [0.15, 0.2) is 48.5 Å². The fourth-order valence-corrected chi connectivity index (χ4v) is 6.27. The van der Waals surface area contributed by atoms with Gasteiger partial charge in [-0.1, -0.05) is 24.6 Å². The predicted molar refractivity (Wildman–Crippen MR) is 163 cm³/mol. The predicted octanol–water partition coefficient (Wildman–Crippen LogP) is 4.89. The van der Waals surface area contributed by atoms with Crippen LogP contribution < -0.4 is 9.64 Å². The molecule has 8 heteroatoms. The normalized spacial score (nSPS) is 18.1. The SMILES string of the molecule is CCOC(=O)Cc1c(C(=O)N2CCN(c3ccc(OCCCN4CCCCC4C)cc3)CC2)c2ccccc2n1C. The van der Waals surface area contributed by atoms with Gasteiger partial charge in [0.05, 0.1) is 25.2 Å². The molecule has 41 heavy (non-hydrogen) atoms. The maximum absolute atomic E-state index is 13.8. The first-order chi connectivity index (χ1) is 20.0. The number of para-hydroxylation sites is 1. The molecule has 5 rings (SSSR count). The van der Waals surface area contributed by atoms with E-state index in [9.17, 15) is 9.59 Å². The second kappa shape index (κ2) is 13.4. The third kappa shape index (κ3) is 6.70. The number of amides is 1. The van der Waals surface area contributed by atoms with Crippen LogP contribution >= 0.6 is 0 Å². The van der Waals surface area contributed by atoms with Crippen LogP contribution in [0.25, 0.3) is 10.9 Å². The van der Waals surface area contributed by atoms with Gasteiger partial charge in [0.15, 0.2) is 0 Å². The van der Waals surface area contributed by atoms with E-state index in [1.165, 1.54) is 25.8 Å². The van der Waals surface area contributed by atoms with Crippen molar-refractivity contribution in [2.45, 2.75) is 52.0 Å². The van der Waals surface area contributed by atoms with Crippen LogP contribution in [0.2, 0.25) is 0 Å². The highest BCUT2D eigenvalue weighted by Gasteiger charge is 2.29. The number of esters is 1. The van der Waals surface area contributed by atoms with Gasteiger partial charge in [0.2, 0.25) is 0 Å². The number of piperidine rings is 1. The molecule has 2 aliphatic rings. The molecule has 0 bridgehead atoms. The second-order valence-corrected chi connectivity index (χ2v) is 11.2. The highest BCUT2D eigenvalue weighted by Crippen LogP contribution is 2.29. The van der Waals surface area contributed by atoms with E-state index in [1.54, 1.807) is 6.92 Å². The second-order valence-electron chi connectivity index (χ2n) is 11.2. The van der Waals surface area contributed by atoms with Crippen molar-refractivity contribution in [1.82, 2.24) is 14.4 Å². The Labute approximate surface area is 243 Å². The minimum absolute atomic E-state index is 0.0246. The monoisotopic (exact) mass is 560 g/mol. The third-order valence-electron chi connectivity index (χ3n) is 8.63. The standard InChI is InChI=1S/C33H44N4O4/c1-4-40-31(38)24-30-32(28-11-5-6-12-29(28)34(30)3)33(39)37-21-19-36(20-22-37)26-13-15-27(16-14-26)41-23-9-18-35-17-8-7-10-25(35)2/h5-6,11-16,25H,4,7-10,17-24H2,1-3H3. The Morgan fingerprint density at radius 1 is 0.951 bits per heavy atom. The molecule has 2 aromatic carbocycles. The zero-order chi connectivity index (χ0) is 28.8. The van der Waals surface area contributed by atoms with E-state index in [4.69, 9.17) is 9.47 Å². The van der Waals surface area contributed by atoms with Gasteiger partial charge >= 0.3 is 5.97 Å². The number of fused-ring (bicyclic) bond motifs is 1. The molecule has 2 saturated heterocycles. The minimum atomic E-state index is -0.318. The fourth-order valence-electron chi connectivity index (χ4n) is 6.27. The van der Waals surface area contributed by atoms with E-state index < -0.39 is 0 Å². The summed E-state index contributed by atoms with van der Waals surface area (Å²) in [7, 11) is 1.91. The molecule has 8 nitrogen and oxygen atoms in total. The van der Waals surface area contributed by atoms with Gasteiger partial charge in [-0.3, -0.25) is 9.59 Å². The van der Waals surface area contributed by atoms with Crippen molar-refractivity contribution < 1.29 is 19.1 Å². The van der Waals surface area contributed by atoms with E-state index in [2.05, 4.69) is 28.9 Å². The number of likely N-dealkylation sites (tertiary alicyclic amines) is 1. The number of hydrogen-bond donors (Lipinski definition) is 0. The number of anilines is 1. The molecule has 0 spiro atoms. The highest BCUT2D eigenvalue weighted by atomic mass is 16.5. The van der Waals surface area contributed by atoms with Crippen LogP contribution in [0.4, 0.5) is 5.69 Å². The quantitative estimate of drug-likeness (QED) is 0.260. The van der Waals surface area contributed by atoms with Crippen molar-refractivity contribution in [3.63, 3.8) is 0 Å². The summed E-state index contributed by atoms with van der Waals surface area (Å²) in [5.41, 5.74) is 3.40. The summed E-state index contributed by atoms with van der Waals surface area (Å²) in [5, 5.41) is 0.878. The molecule has 3 heterocycles. The third-order valence-corrected chi connectivity index (χ3v) is 8.63. The van der Waals surface area contributed by atoms with Crippen molar-refractivity contribution in [2.24, 2.45) is 7.05 Å². The average molecular weight is 561 g/mol. The Morgan fingerprint density at radius 2 is 1.71 bits per heavy atom. The van der Waals surface area contributed by atoms with Gasteiger partial charge in [0, 0.05) is 68.1 Å². The molecular formula is C33H44N4O4. The Hall–Kier alpha value is -3.52. The number of carbonyl (C=O) groups excluding carboxylic acids is 2. The largest absolute Gasteiger partial charge is 0.494 e. The van der Waals surface area contributed by atoms with E-state index >= 15 is 0 Å². The average Bonchev–Trinajstić information content (AvgIpc) is 3.27. The number of aryl methyl sites for hydroxylation is 1. The van der Waals surface area contributed by atoms with Gasteiger partial charge in [-0.2, -0.15) is 0 Å². The summed E-state index contributed by atoms with van der Waals surface area (Å²) in [5.74, 6) is 0.559. The molecule has 1 aromatic heterocycles. The summed E-state index contributed by atoms with van der Waals surface area (Å²) in [6, 6.07) is 16.9. The summed E-state index contributed by atoms with van der Waals surface area (Å²) in [6.07, 6.45) is 5.10. The lowest BCUT2D eigenvalue weighted by molar-refractivity contribution is -0.142. The van der Waals surface area contributed by atoms with Crippen molar-refractivity contribution >= 4 is 28.5 Å². The first-order valence-electron chi connectivity index (χ1n) is 15.2. The zero-order valence-corrected chi connectivity index (χ0v) is 24.8. The first-order valence-corrected chi connectivity index (χ1v) is 15.2. The topological polar surface area (TPSA) is 67.3 Å². The molecule has 2 aliphatic heterocycles. The molecule has 2 fully saturated rings. The van der Waals surface area contributed by atoms with Crippen LogP contribution in [-0.2, 0) is 23.0 Å². The number of aromatic nitrogens is 1. The van der Waals surface area contributed by atoms with Crippen molar-refractivity contribution in [2.75, 3.05) is 57.4 Å². The number of hydrogen-bond acceptors (Lipinski definition) is 6. The smallest absolute Gasteiger partial charge is 0.311 e. The molecule has 0 aliphatic carbocycles. The Bertz CT molecular complexity index is 1330. The number of piperazine rings is 1. The van der Waals surface area contributed by atoms with Gasteiger partial charge in [-0.05, 0) is 70.0 Å². The number of ether oxygens (including phenoxy) is 2. The molecule has 1 amide bonds. The lowest BCUT2D eigenvalue weighted by atomic mass is 10.0. The Kier molecular flexibility index (Phi) is 9.49. The molecule has 0 saturated carbocycles. The molecule has 1 atom stereocenters. The maximum Gasteiger partial charge on any atom is 0.311 e. The van der Waals surface area contributed by atoms with E-state index in [-0.39, 0.29) is 18.3 Å². The number of rotatable bonds is 10. The summed E-state index contributed by atoms with van der Waals surface area (Å²) in [6.45, 7) is 10.2. The molecule has 220 valence electrons. The first kappa shape index (κ1) is 29.0. The van der Waals surface area contributed by atoms with Gasteiger partial charge in [-0.25, -0.2) is 0 Å².